The van der Waals surface area contributed by atoms with Crippen LogP contribution in [0.2, 0.25) is 0 Å². The summed E-state index contributed by atoms with van der Waals surface area (Å²) in [5, 5.41) is 23.3. The molecular formula is C66H127NO5. The van der Waals surface area contributed by atoms with Gasteiger partial charge in [0.15, 0.2) is 0 Å². The van der Waals surface area contributed by atoms with E-state index in [9.17, 15) is 19.8 Å². The smallest absolute Gasteiger partial charge is 0.305 e. The monoisotopic (exact) mass is 1010 g/mol. The first-order chi connectivity index (χ1) is 35.5. The normalized spacial score (nSPS) is 12.7. The number of carbonyl (C=O) groups excluding carboxylic acids is 2. The Hall–Kier alpha value is -1.66. The lowest BCUT2D eigenvalue weighted by Crippen LogP contribution is -2.45. The average Bonchev–Trinajstić information content (AvgIpc) is 3.38. The highest BCUT2D eigenvalue weighted by atomic mass is 16.5. The molecule has 0 radical (unpaired) electrons. The molecule has 0 aromatic rings. The van der Waals surface area contributed by atoms with Gasteiger partial charge in [-0.25, -0.2) is 0 Å². The lowest BCUT2D eigenvalue weighted by Gasteiger charge is -2.22. The lowest BCUT2D eigenvalue weighted by atomic mass is 10.0. The molecule has 0 aliphatic carbocycles. The third kappa shape index (κ3) is 57.6. The predicted molar refractivity (Wildman–Crippen MR) is 315 cm³/mol. The highest BCUT2D eigenvalue weighted by Gasteiger charge is 2.20. The summed E-state index contributed by atoms with van der Waals surface area (Å²) < 4.78 is 5.48. The number of rotatable bonds is 61. The molecule has 0 heterocycles. The Kier molecular flexibility index (Phi) is 60.5. The molecule has 1 amide bonds. The first kappa shape index (κ1) is 70.3. The second kappa shape index (κ2) is 61.9. The van der Waals surface area contributed by atoms with Gasteiger partial charge in [0.25, 0.3) is 0 Å². The van der Waals surface area contributed by atoms with Gasteiger partial charge in [-0.2, -0.15) is 0 Å². The van der Waals surface area contributed by atoms with Crippen LogP contribution in [0.4, 0.5) is 0 Å². The highest BCUT2D eigenvalue weighted by Crippen LogP contribution is 2.18. The van der Waals surface area contributed by atoms with E-state index >= 15 is 0 Å². The maximum Gasteiger partial charge on any atom is 0.305 e. The van der Waals surface area contributed by atoms with Crippen molar-refractivity contribution >= 4 is 11.9 Å². The van der Waals surface area contributed by atoms with Gasteiger partial charge in [0.2, 0.25) is 5.91 Å². The molecule has 0 spiro atoms. The molecule has 3 N–H and O–H groups in total. The van der Waals surface area contributed by atoms with Gasteiger partial charge in [-0.1, -0.05) is 321 Å². The summed E-state index contributed by atoms with van der Waals surface area (Å²) in [5.74, 6) is -0.0259. The quantitative estimate of drug-likeness (QED) is 0.0320. The SMILES string of the molecule is CCCC/C=C\C/C=C\CCCCCCCC(=O)OCCCCCCCCCCCCCCCCCCCCCCCCCCCCCCC(=O)NC(CO)C(O)CCCCCCCCCCCCCCC. The zero-order chi connectivity index (χ0) is 52.2. The minimum Gasteiger partial charge on any atom is -0.466 e. The summed E-state index contributed by atoms with van der Waals surface area (Å²) in [6, 6.07) is -0.538. The van der Waals surface area contributed by atoms with Gasteiger partial charge >= 0.3 is 5.97 Å². The van der Waals surface area contributed by atoms with Crippen molar-refractivity contribution in [3.8, 4) is 0 Å². The van der Waals surface area contributed by atoms with Gasteiger partial charge < -0.3 is 20.3 Å². The number of ether oxygens (including phenoxy) is 1. The van der Waals surface area contributed by atoms with Gasteiger partial charge in [0.1, 0.15) is 0 Å². The Morgan fingerprint density at radius 3 is 1.10 bits per heavy atom. The minimum atomic E-state index is -0.661. The molecule has 0 rings (SSSR count). The number of aliphatic hydroxyl groups is 2. The van der Waals surface area contributed by atoms with E-state index in [2.05, 4.69) is 43.5 Å². The van der Waals surface area contributed by atoms with E-state index < -0.39 is 12.1 Å². The number of unbranched alkanes of at least 4 members (excludes halogenated alkanes) is 46. The fourth-order valence-corrected chi connectivity index (χ4v) is 10.2. The molecule has 0 aromatic carbocycles. The van der Waals surface area contributed by atoms with Crippen molar-refractivity contribution in [3.05, 3.63) is 24.3 Å². The van der Waals surface area contributed by atoms with Crippen molar-refractivity contribution < 1.29 is 24.5 Å². The van der Waals surface area contributed by atoms with Crippen molar-refractivity contribution in [3.63, 3.8) is 0 Å². The number of hydrogen-bond donors (Lipinski definition) is 3. The van der Waals surface area contributed by atoms with Crippen LogP contribution in [0, 0.1) is 0 Å². The van der Waals surface area contributed by atoms with Gasteiger partial charge in [0.05, 0.1) is 25.4 Å². The zero-order valence-corrected chi connectivity index (χ0v) is 48.7. The van der Waals surface area contributed by atoms with E-state index in [1.165, 1.54) is 276 Å². The molecule has 0 bridgehead atoms. The molecule has 0 fully saturated rings. The minimum absolute atomic E-state index is 0.00446. The van der Waals surface area contributed by atoms with Crippen molar-refractivity contribution in [1.29, 1.82) is 0 Å². The van der Waals surface area contributed by atoms with E-state index in [0.29, 0.717) is 25.9 Å². The van der Waals surface area contributed by atoms with Gasteiger partial charge in [-0.15, -0.1) is 0 Å². The van der Waals surface area contributed by atoms with Crippen LogP contribution in [0.5, 0.6) is 0 Å². The predicted octanol–water partition coefficient (Wildman–Crippen LogP) is 20.6. The molecule has 2 unspecified atom stereocenters. The number of aliphatic hydroxyl groups excluding tert-OH is 2. The van der Waals surface area contributed by atoms with Gasteiger partial charge in [-0.05, 0) is 51.4 Å². The molecule has 0 aromatic heterocycles. The van der Waals surface area contributed by atoms with Crippen LogP contribution < -0.4 is 5.32 Å². The molecule has 6 nitrogen and oxygen atoms in total. The third-order valence-corrected chi connectivity index (χ3v) is 15.3. The fourth-order valence-electron chi connectivity index (χ4n) is 10.2. The van der Waals surface area contributed by atoms with Gasteiger partial charge in [0, 0.05) is 12.8 Å². The second-order valence-electron chi connectivity index (χ2n) is 22.5. The Morgan fingerprint density at radius 1 is 0.389 bits per heavy atom. The number of carbonyl (C=O) groups is 2. The first-order valence-corrected chi connectivity index (χ1v) is 32.6. The molecule has 72 heavy (non-hydrogen) atoms. The van der Waals surface area contributed by atoms with Crippen molar-refractivity contribution in [2.45, 2.75) is 373 Å². The third-order valence-electron chi connectivity index (χ3n) is 15.3. The Labute approximate surface area is 450 Å². The van der Waals surface area contributed by atoms with Crippen LogP contribution in [0.3, 0.4) is 0 Å². The van der Waals surface area contributed by atoms with Crippen LogP contribution >= 0.6 is 0 Å². The van der Waals surface area contributed by atoms with E-state index in [0.717, 1.165) is 51.4 Å². The zero-order valence-electron chi connectivity index (χ0n) is 48.7. The molecule has 0 aliphatic heterocycles. The summed E-state index contributed by atoms with van der Waals surface area (Å²) in [6.45, 7) is 4.93. The summed E-state index contributed by atoms with van der Waals surface area (Å²) in [5.41, 5.74) is 0. The Bertz CT molecular complexity index is 1120. The number of amides is 1. The maximum atomic E-state index is 12.5. The van der Waals surface area contributed by atoms with E-state index in [1.54, 1.807) is 0 Å². The number of nitrogens with one attached hydrogen (secondary N) is 1. The van der Waals surface area contributed by atoms with Crippen LogP contribution in [-0.2, 0) is 14.3 Å². The Balaban J connectivity index is 3.33. The summed E-state index contributed by atoms with van der Waals surface area (Å²) >= 11 is 0. The fraction of sp³-hybridized carbons (Fsp3) is 0.909. The first-order valence-electron chi connectivity index (χ1n) is 32.6. The average molecular weight is 1010 g/mol. The summed E-state index contributed by atoms with van der Waals surface area (Å²) in [7, 11) is 0. The number of esters is 1. The highest BCUT2D eigenvalue weighted by molar-refractivity contribution is 5.76. The Morgan fingerprint density at radius 2 is 0.708 bits per heavy atom. The maximum absolute atomic E-state index is 12.5. The molecule has 0 saturated heterocycles. The van der Waals surface area contributed by atoms with Gasteiger partial charge in [-0.3, -0.25) is 9.59 Å². The topological polar surface area (TPSA) is 95.9 Å². The molecule has 0 aliphatic rings. The van der Waals surface area contributed by atoms with E-state index in [-0.39, 0.29) is 18.5 Å². The van der Waals surface area contributed by atoms with E-state index in [4.69, 9.17) is 4.74 Å². The van der Waals surface area contributed by atoms with Crippen LogP contribution in [-0.4, -0.2) is 47.4 Å². The van der Waals surface area contributed by atoms with Crippen LogP contribution in [0.25, 0.3) is 0 Å². The molecule has 2 atom stereocenters. The largest absolute Gasteiger partial charge is 0.466 e. The van der Waals surface area contributed by atoms with Crippen molar-refractivity contribution in [2.24, 2.45) is 0 Å². The lowest BCUT2D eigenvalue weighted by molar-refractivity contribution is -0.143. The van der Waals surface area contributed by atoms with E-state index in [1.807, 2.05) is 0 Å². The number of hydrogen-bond acceptors (Lipinski definition) is 5. The second-order valence-corrected chi connectivity index (χ2v) is 22.5. The molecule has 0 saturated carbocycles. The molecule has 6 heteroatoms. The van der Waals surface area contributed by atoms with Crippen LogP contribution in [0.1, 0.15) is 361 Å². The number of allylic oxidation sites excluding steroid dienone is 4. The standard InChI is InChI=1S/C66H127NO5/c1-3-5-7-9-11-13-15-17-36-40-44-48-52-56-60-66(71)72-61-57-53-49-45-41-37-33-31-29-27-25-23-21-19-18-20-22-24-26-28-30-32-35-39-43-47-51-55-59-65(70)67-63(62-68)64(69)58-54-50-46-42-38-34-16-14-12-10-8-6-4-2/h9,11,15,17,63-64,68-69H,3-8,10,12-14,16,18-62H2,1-2H3,(H,67,70)/b11-9-,17-15-. The van der Waals surface area contributed by atoms with Crippen molar-refractivity contribution in [1.82, 2.24) is 5.32 Å². The van der Waals surface area contributed by atoms with Crippen LogP contribution in [0.15, 0.2) is 24.3 Å². The summed E-state index contributed by atoms with van der Waals surface area (Å²) in [6.07, 6.45) is 76.4. The molecule has 426 valence electrons. The summed E-state index contributed by atoms with van der Waals surface area (Å²) in [4.78, 5) is 24.5. The molecular weight excluding hydrogens is 887 g/mol. The van der Waals surface area contributed by atoms with Crippen molar-refractivity contribution in [2.75, 3.05) is 13.2 Å².